The van der Waals surface area contributed by atoms with Gasteiger partial charge in [-0.25, -0.2) is 0 Å². The summed E-state index contributed by atoms with van der Waals surface area (Å²) in [5.74, 6) is 0.974. The minimum absolute atomic E-state index is 0.175. The second kappa shape index (κ2) is 6.88. The fraction of sp³-hybridized carbons (Fsp3) is 0.438. The maximum Gasteiger partial charge on any atom is 0.406 e. The molecular formula is C16H20N4O4. The summed E-state index contributed by atoms with van der Waals surface area (Å²) in [7, 11) is 1.71. The molecule has 0 saturated carbocycles. The van der Waals surface area contributed by atoms with Crippen LogP contribution in [0.1, 0.15) is 18.4 Å². The molecular weight excluding hydrogens is 312 g/mol. The van der Waals surface area contributed by atoms with Gasteiger partial charge in [0.25, 0.3) is 0 Å². The van der Waals surface area contributed by atoms with Crippen LogP contribution in [0.15, 0.2) is 24.5 Å². The van der Waals surface area contributed by atoms with E-state index in [-0.39, 0.29) is 11.9 Å². The Kier molecular flexibility index (Phi) is 4.66. The topological polar surface area (TPSA) is 91.5 Å². The Labute approximate surface area is 139 Å². The first-order chi connectivity index (χ1) is 11.5. The number of imidazole rings is 1. The number of benzene rings is 1. The minimum atomic E-state index is -0.502. The molecule has 1 saturated heterocycles. The van der Waals surface area contributed by atoms with Gasteiger partial charge < -0.3 is 24.9 Å². The molecule has 1 aliphatic heterocycles. The number of ether oxygens (including phenoxy) is 2. The molecule has 8 nitrogen and oxygen atoms in total. The van der Waals surface area contributed by atoms with Crippen molar-refractivity contribution in [1.82, 2.24) is 9.55 Å². The third kappa shape index (κ3) is 3.48. The van der Waals surface area contributed by atoms with E-state index >= 15 is 0 Å². The zero-order valence-electron chi connectivity index (χ0n) is 13.7. The molecule has 1 fully saturated rings. The number of aryl methyl sites for hydroxylation is 2. The normalized spacial score (nSPS) is 15.2. The molecule has 24 heavy (non-hydrogen) atoms. The second-order valence-corrected chi connectivity index (χ2v) is 5.82. The number of nitro groups is 1. The molecule has 0 spiro atoms. The van der Waals surface area contributed by atoms with Crippen molar-refractivity contribution in [2.24, 2.45) is 7.05 Å². The number of nitrogens with zero attached hydrogens (tertiary/aromatic N) is 3. The highest BCUT2D eigenvalue weighted by Crippen LogP contribution is 2.29. The summed E-state index contributed by atoms with van der Waals surface area (Å²) in [6.45, 7) is 3.42. The van der Waals surface area contributed by atoms with E-state index in [0.717, 1.165) is 43.1 Å². The molecule has 8 heteroatoms. The van der Waals surface area contributed by atoms with Crippen LogP contribution in [0.5, 0.6) is 5.75 Å². The van der Waals surface area contributed by atoms with Crippen molar-refractivity contribution in [2.75, 3.05) is 18.5 Å². The first-order valence-electron chi connectivity index (χ1n) is 7.82. The van der Waals surface area contributed by atoms with E-state index in [0.29, 0.717) is 5.82 Å². The zero-order valence-corrected chi connectivity index (χ0v) is 13.7. The van der Waals surface area contributed by atoms with Gasteiger partial charge in [-0.1, -0.05) is 0 Å². The molecule has 3 rings (SSSR count). The molecule has 2 heterocycles. The molecule has 0 unspecified atom stereocenters. The van der Waals surface area contributed by atoms with Crippen LogP contribution in [-0.2, 0) is 11.8 Å². The molecule has 0 radical (unpaired) electrons. The van der Waals surface area contributed by atoms with E-state index in [4.69, 9.17) is 9.47 Å². The molecule has 2 aromatic rings. The van der Waals surface area contributed by atoms with Crippen LogP contribution in [0.3, 0.4) is 0 Å². The molecule has 0 aliphatic carbocycles. The predicted molar refractivity (Wildman–Crippen MR) is 88.8 cm³/mol. The van der Waals surface area contributed by atoms with E-state index in [1.165, 1.54) is 6.33 Å². The Balaban J connectivity index is 1.75. The van der Waals surface area contributed by atoms with Crippen molar-refractivity contribution < 1.29 is 14.4 Å². The summed E-state index contributed by atoms with van der Waals surface area (Å²) in [6.07, 6.45) is 3.37. The van der Waals surface area contributed by atoms with Gasteiger partial charge in [0.15, 0.2) is 0 Å². The van der Waals surface area contributed by atoms with E-state index in [9.17, 15) is 10.1 Å². The van der Waals surface area contributed by atoms with E-state index in [1.807, 2.05) is 25.1 Å². The standard InChI is InChI=1S/C16H20N4O4/c1-11-9-12(18-16-15(20(21)22)17-10-19(16)2)3-4-14(11)24-13-5-7-23-8-6-13/h3-4,9-10,13,18H,5-8H2,1-2H3. The van der Waals surface area contributed by atoms with Crippen LogP contribution >= 0.6 is 0 Å². The number of nitrogens with one attached hydrogen (secondary N) is 1. The highest BCUT2D eigenvalue weighted by Gasteiger charge is 2.21. The fourth-order valence-electron chi connectivity index (χ4n) is 2.67. The smallest absolute Gasteiger partial charge is 0.406 e. The number of hydrogen-bond acceptors (Lipinski definition) is 6. The molecule has 0 atom stereocenters. The Morgan fingerprint density at radius 2 is 2.17 bits per heavy atom. The maximum absolute atomic E-state index is 11.0. The molecule has 1 aliphatic rings. The van der Waals surface area contributed by atoms with Crippen molar-refractivity contribution in [3.8, 4) is 5.75 Å². The average molecular weight is 332 g/mol. The lowest BCUT2D eigenvalue weighted by molar-refractivity contribution is -0.388. The number of anilines is 2. The average Bonchev–Trinajstić information content (AvgIpc) is 2.92. The summed E-state index contributed by atoms with van der Waals surface area (Å²) >= 11 is 0. The number of rotatable bonds is 5. The van der Waals surface area contributed by atoms with Crippen LogP contribution in [0.25, 0.3) is 0 Å². The molecule has 0 bridgehead atoms. The Morgan fingerprint density at radius 1 is 1.42 bits per heavy atom. The van der Waals surface area contributed by atoms with Gasteiger partial charge in [0.1, 0.15) is 11.9 Å². The summed E-state index contributed by atoms with van der Waals surface area (Å²) in [6, 6.07) is 5.64. The monoisotopic (exact) mass is 332 g/mol. The van der Waals surface area contributed by atoms with Crippen molar-refractivity contribution in [3.05, 3.63) is 40.2 Å². The van der Waals surface area contributed by atoms with Crippen LogP contribution in [0.4, 0.5) is 17.3 Å². The van der Waals surface area contributed by atoms with Crippen LogP contribution in [-0.4, -0.2) is 33.8 Å². The van der Waals surface area contributed by atoms with Crippen molar-refractivity contribution in [3.63, 3.8) is 0 Å². The molecule has 0 amide bonds. The summed E-state index contributed by atoms with van der Waals surface area (Å²) in [5, 5.41) is 14.1. The fourth-order valence-corrected chi connectivity index (χ4v) is 2.67. The van der Waals surface area contributed by atoms with E-state index in [1.54, 1.807) is 11.6 Å². The lowest BCUT2D eigenvalue weighted by Crippen LogP contribution is -2.26. The van der Waals surface area contributed by atoms with Crippen molar-refractivity contribution >= 4 is 17.3 Å². The second-order valence-electron chi connectivity index (χ2n) is 5.82. The van der Waals surface area contributed by atoms with E-state index < -0.39 is 4.92 Å². The Hall–Kier alpha value is -2.61. The van der Waals surface area contributed by atoms with Gasteiger partial charge in [-0.2, -0.15) is 0 Å². The third-order valence-corrected chi connectivity index (χ3v) is 3.99. The summed E-state index contributed by atoms with van der Waals surface area (Å²) in [4.78, 5) is 14.3. The first-order valence-corrected chi connectivity index (χ1v) is 7.82. The largest absolute Gasteiger partial charge is 0.490 e. The highest BCUT2D eigenvalue weighted by atomic mass is 16.6. The van der Waals surface area contributed by atoms with Gasteiger partial charge in [0.2, 0.25) is 12.1 Å². The van der Waals surface area contributed by atoms with Crippen molar-refractivity contribution in [1.29, 1.82) is 0 Å². The van der Waals surface area contributed by atoms with Crippen LogP contribution < -0.4 is 10.1 Å². The highest BCUT2D eigenvalue weighted by molar-refractivity contribution is 5.65. The third-order valence-electron chi connectivity index (χ3n) is 3.99. The lowest BCUT2D eigenvalue weighted by Gasteiger charge is -2.24. The number of hydrogen-bond donors (Lipinski definition) is 1. The zero-order chi connectivity index (χ0) is 17.1. The quantitative estimate of drug-likeness (QED) is 0.668. The summed E-state index contributed by atoms with van der Waals surface area (Å²) < 4.78 is 12.9. The molecule has 1 aromatic heterocycles. The van der Waals surface area contributed by atoms with Gasteiger partial charge >= 0.3 is 5.82 Å². The van der Waals surface area contributed by atoms with E-state index in [2.05, 4.69) is 10.3 Å². The predicted octanol–water partition coefficient (Wildman–Crippen LogP) is 2.94. The Morgan fingerprint density at radius 3 is 2.83 bits per heavy atom. The van der Waals surface area contributed by atoms with Crippen LogP contribution in [0.2, 0.25) is 0 Å². The minimum Gasteiger partial charge on any atom is -0.490 e. The molecule has 1 N–H and O–H groups in total. The first kappa shape index (κ1) is 16.3. The SMILES string of the molecule is Cc1cc(Nc2c([N+](=O)[O-])ncn2C)ccc1OC1CCOCC1. The van der Waals surface area contributed by atoms with Gasteiger partial charge in [0.05, 0.1) is 13.2 Å². The lowest BCUT2D eigenvalue weighted by atomic mass is 10.1. The van der Waals surface area contributed by atoms with Crippen LogP contribution in [0, 0.1) is 17.0 Å². The van der Waals surface area contributed by atoms with Gasteiger partial charge in [-0.05, 0) is 40.6 Å². The summed E-state index contributed by atoms with van der Waals surface area (Å²) in [5.41, 5.74) is 1.72. The van der Waals surface area contributed by atoms with Gasteiger partial charge in [0, 0.05) is 25.6 Å². The molecule has 128 valence electrons. The van der Waals surface area contributed by atoms with Gasteiger partial charge in [-0.3, -0.25) is 4.57 Å². The number of aromatic nitrogens is 2. The van der Waals surface area contributed by atoms with Gasteiger partial charge in [-0.15, -0.1) is 0 Å². The Bertz CT molecular complexity index is 738. The van der Waals surface area contributed by atoms with Crippen molar-refractivity contribution in [2.45, 2.75) is 25.9 Å². The molecule has 1 aromatic carbocycles. The maximum atomic E-state index is 11.0.